The van der Waals surface area contributed by atoms with Crippen LogP contribution in [0.5, 0.6) is 0 Å². The van der Waals surface area contributed by atoms with Gasteiger partial charge in [-0.25, -0.2) is 4.98 Å². The van der Waals surface area contributed by atoms with E-state index < -0.39 is 0 Å². The lowest BCUT2D eigenvalue weighted by atomic mass is 9.99. The van der Waals surface area contributed by atoms with Crippen molar-refractivity contribution in [3.63, 3.8) is 0 Å². The summed E-state index contributed by atoms with van der Waals surface area (Å²) >= 11 is 6.23. The number of anilines is 1. The molecule has 0 fully saturated rings. The summed E-state index contributed by atoms with van der Waals surface area (Å²) in [5.74, 6) is 0. The number of fused-ring (bicyclic) bond motifs is 3. The monoisotopic (exact) mass is 293 g/mol. The van der Waals surface area contributed by atoms with Gasteiger partial charge in [-0.1, -0.05) is 11.6 Å². The maximum absolute atomic E-state index is 6.23. The molecule has 3 rings (SSSR count). The van der Waals surface area contributed by atoms with Gasteiger partial charge in [0.05, 0.1) is 24.9 Å². The van der Waals surface area contributed by atoms with Gasteiger partial charge < -0.3 is 9.64 Å². The van der Waals surface area contributed by atoms with Gasteiger partial charge in [0.25, 0.3) is 0 Å². The van der Waals surface area contributed by atoms with Gasteiger partial charge in [-0.3, -0.25) is 0 Å². The lowest BCUT2D eigenvalue weighted by Crippen LogP contribution is -2.27. The third-order valence-electron chi connectivity index (χ3n) is 3.64. The van der Waals surface area contributed by atoms with Crippen LogP contribution in [0.2, 0.25) is 5.15 Å². The highest BCUT2D eigenvalue weighted by molar-refractivity contribution is 6.32. The minimum absolute atomic E-state index is 0.107. The van der Waals surface area contributed by atoms with Crippen molar-refractivity contribution < 1.29 is 4.74 Å². The van der Waals surface area contributed by atoms with Gasteiger partial charge in [0.15, 0.2) is 5.15 Å². The van der Waals surface area contributed by atoms with Crippen molar-refractivity contribution in [1.82, 2.24) is 20.0 Å². The van der Waals surface area contributed by atoms with E-state index in [2.05, 4.69) is 27.0 Å². The van der Waals surface area contributed by atoms with Crippen LogP contribution in [0.15, 0.2) is 12.3 Å². The summed E-state index contributed by atoms with van der Waals surface area (Å²) in [5, 5.41) is 9.63. The highest BCUT2D eigenvalue weighted by Crippen LogP contribution is 2.44. The number of hydrogen-bond acceptors (Lipinski definition) is 5. The average Bonchev–Trinajstić information content (AvgIpc) is 2.87. The predicted octanol–water partition coefficient (Wildman–Crippen LogP) is 2.15. The van der Waals surface area contributed by atoms with Gasteiger partial charge in [-0.05, 0) is 13.0 Å². The fourth-order valence-corrected chi connectivity index (χ4v) is 2.73. The summed E-state index contributed by atoms with van der Waals surface area (Å²) in [7, 11) is 3.66. The molecular formula is C13H16ClN5O. The van der Waals surface area contributed by atoms with Crippen LogP contribution >= 0.6 is 11.6 Å². The molecule has 0 aromatic carbocycles. The van der Waals surface area contributed by atoms with Crippen LogP contribution in [0, 0.1) is 0 Å². The number of halogens is 1. The van der Waals surface area contributed by atoms with Crippen LogP contribution in [0.3, 0.4) is 0 Å². The minimum Gasteiger partial charge on any atom is -0.383 e. The van der Waals surface area contributed by atoms with E-state index in [0.29, 0.717) is 18.3 Å². The third kappa shape index (κ3) is 1.96. The Kier molecular flexibility index (Phi) is 3.35. The van der Waals surface area contributed by atoms with E-state index in [-0.39, 0.29) is 6.04 Å². The van der Waals surface area contributed by atoms with Crippen LogP contribution in [0.4, 0.5) is 5.69 Å². The Morgan fingerprint density at radius 3 is 2.95 bits per heavy atom. The van der Waals surface area contributed by atoms with Crippen molar-refractivity contribution >= 4 is 17.3 Å². The molecule has 0 radical (unpaired) electrons. The molecule has 3 heterocycles. The number of hydrogen-bond donors (Lipinski definition) is 0. The fourth-order valence-electron chi connectivity index (χ4n) is 2.44. The minimum atomic E-state index is 0.107. The molecular weight excluding hydrogens is 278 g/mol. The van der Waals surface area contributed by atoms with E-state index >= 15 is 0 Å². The summed E-state index contributed by atoms with van der Waals surface area (Å²) < 4.78 is 5.07. The van der Waals surface area contributed by atoms with Crippen LogP contribution in [0.1, 0.15) is 18.7 Å². The first kappa shape index (κ1) is 13.3. The highest BCUT2D eigenvalue weighted by Gasteiger charge is 2.32. The van der Waals surface area contributed by atoms with Gasteiger partial charge in [-0.2, -0.15) is 15.0 Å². The molecule has 0 saturated heterocycles. The average molecular weight is 294 g/mol. The van der Waals surface area contributed by atoms with Gasteiger partial charge in [0, 0.05) is 25.9 Å². The van der Waals surface area contributed by atoms with Crippen molar-refractivity contribution in [1.29, 1.82) is 0 Å². The van der Waals surface area contributed by atoms with Gasteiger partial charge in [-0.15, -0.1) is 0 Å². The summed E-state index contributed by atoms with van der Waals surface area (Å²) in [6.07, 6.45) is 1.70. The maximum Gasteiger partial charge on any atom is 0.152 e. The number of methoxy groups -OCH3 is 1. The first-order valence-electron chi connectivity index (χ1n) is 6.45. The fraction of sp³-hybridized carbons (Fsp3) is 0.462. The van der Waals surface area contributed by atoms with Gasteiger partial charge in [0.2, 0.25) is 0 Å². The van der Waals surface area contributed by atoms with Crippen molar-refractivity contribution in [3.8, 4) is 11.3 Å². The molecule has 1 aliphatic heterocycles. The quantitative estimate of drug-likeness (QED) is 0.812. The maximum atomic E-state index is 6.23. The van der Waals surface area contributed by atoms with Crippen molar-refractivity contribution in [2.75, 3.05) is 25.7 Å². The zero-order valence-electron chi connectivity index (χ0n) is 11.7. The first-order valence-corrected chi connectivity index (χ1v) is 6.83. The molecule has 1 atom stereocenters. The summed E-state index contributed by atoms with van der Waals surface area (Å²) in [5.41, 5.74) is 3.72. The Labute approximate surface area is 122 Å². The lowest BCUT2D eigenvalue weighted by molar-refractivity contribution is 0.178. The lowest BCUT2D eigenvalue weighted by Gasteiger charge is -2.32. The first-order chi connectivity index (χ1) is 9.63. The van der Waals surface area contributed by atoms with E-state index in [1.807, 2.05) is 13.1 Å². The van der Waals surface area contributed by atoms with Crippen molar-refractivity contribution in [2.24, 2.45) is 0 Å². The molecule has 0 saturated carbocycles. The topological polar surface area (TPSA) is 56.1 Å². The number of aromatic nitrogens is 4. The summed E-state index contributed by atoms with van der Waals surface area (Å²) in [6, 6.07) is 2.04. The molecule has 0 amide bonds. The molecule has 2 aromatic rings. The standard InChI is InChI=1S/C13H16ClN5O/c1-8-10-11(17-19(16-10)6-7-20-3)9-4-5-15-13(14)12(9)18(8)2/h4-5,8H,6-7H2,1-3H3. The number of nitrogens with zero attached hydrogens (tertiary/aromatic N) is 5. The number of rotatable bonds is 3. The Balaban J connectivity index is 2.12. The van der Waals surface area contributed by atoms with Crippen LogP contribution in [-0.4, -0.2) is 40.7 Å². The van der Waals surface area contributed by atoms with Gasteiger partial charge in [0.1, 0.15) is 11.4 Å². The summed E-state index contributed by atoms with van der Waals surface area (Å²) in [6.45, 7) is 3.30. The highest BCUT2D eigenvalue weighted by atomic mass is 35.5. The second-order valence-corrected chi connectivity index (χ2v) is 5.17. The molecule has 2 aromatic heterocycles. The smallest absolute Gasteiger partial charge is 0.152 e. The zero-order chi connectivity index (χ0) is 14.3. The Hall–Kier alpha value is -1.66. The normalized spacial score (nSPS) is 17.0. The predicted molar refractivity (Wildman–Crippen MR) is 77.0 cm³/mol. The number of pyridine rings is 1. The largest absolute Gasteiger partial charge is 0.383 e. The molecule has 6 nitrogen and oxygen atoms in total. The molecule has 106 valence electrons. The van der Waals surface area contributed by atoms with Crippen LogP contribution in [0.25, 0.3) is 11.3 Å². The second kappa shape index (κ2) is 5.03. The molecule has 0 N–H and O–H groups in total. The van der Waals surface area contributed by atoms with Crippen molar-refractivity contribution in [2.45, 2.75) is 19.5 Å². The van der Waals surface area contributed by atoms with E-state index in [1.54, 1.807) is 18.1 Å². The molecule has 0 aliphatic carbocycles. The molecule has 20 heavy (non-hydrogen) atoms. The van der Waals surface area contributed by atoms with Crippen molar-refractivity contribution in [3.05, 3.63) is 23.1 Å². The number of ether oxygens (including phenoxy) is 1. The van der Waals surface area contributed by atoms with E-state index in [9.17, 15) is 0 Å². The summed E-state index contributed by atoms with van der Waals surface area (Å²) in [4.78, 5) is 7.92. The molecule has 0 bridgehead atoms. The van der Waals surface area contributed by atoms with Crippen LogP contribution < -0.4 is 4.90 Å². The molecule has 1 aliphatic rings. The molecule has 1 unspecified atom stereocenters. The van der Waals surface area contributed by atoms with E-state index in [0.717, 1.165) is 22.6 Å². The van der Waals surface area contributed by atoms with E-state index in [1.165, 1.54) is 0 Å². The van der Waals surface area contributed by atoms with E-state index in [4.69, 9.17) is 16.3 Å². The molecule has 0 spiro atoms. The Bertz CT molecular complexity index is 642. The van der Waals surface area contributed by atoms with Crippen LogP contribution in [-0.2, 0) is 11.3 Å². The zero-order valence-corrected chi connectivity index (χ0v) is 12.4. The Morgan fingerprint density at radius 1 is 1.40 bits per heavy atom. The SMILES string of the molecule is COCCn1nc2c(n1)C(C)N(C)c1c-2ccnc1Cl. The Morgan fingerprint density at radius 2 is 2.20 bits per heavy atom. The molecule has 7 heteroatoms. The second-order valence-electron chi connectivity index (χ2n) is 4.81. The van der Waals surface area contributed by atoms with Gasteiger partial charge >= 0.3 is 0 Å². The third-order valence-corrected chi connectivity index (χ3v) is 3.92.